The minimum atomic E-state index is -3.53. The van der Waals surface area contributed by atoms with E-state index in [4.69, 9.17) is 4.74 Å². The zero-order valence-electron chi connectivity index (χ0n) is 16.5. The number of fused-ring (bicyclic) bond motifs is 1. The largest absolute Gasteiger partial charge is 0.454 e. The Morgan fingerprint density at radius 1 is 1.03 bits per heavy atom. The average molecular weight is 445 g/mol. The number of aromatic nitrogens is 4. The number of nitrogens with one attached hydrogen (secondary N) is 1. The highest BCUT2D eigenvalue weighted by Gasteiger charge is 2.16. The Labute approximate surface area is 176 Å². The lowest BCUT2D eigenvalue weighted by molar-refractivity contribution is 0.439. The Kier molecular flexibility index (Phi) is 5.27. The lowest BCUT2D eigenvalue weighted by Crippen LogP contribution is -2.14. The van der Waals surface area contributed by atoms with Gasteiger partial charge in [-0.2, -0.15) is 9.61 Å². The van der Waals surface area contributed by atoms with Crippen LogP contribution in [-0.2, 0) is 10.0 Å². The van der Waals surface area contributed by atoms with Crippen molar-refractivity contribution in [3.63, 3.8) is 0 Å². The lowest BCUT2D eigenvalue weighted by atomic mass is 10.1. The van der Waals surface area contributed by atoms with E-state index in [-0.39, 0.29) is 22.9 Å². The van der Waals surface area contributed by atoms with Crippen LogP contribution in [0.4, 0.5) is 14.5 Å². The van der Waals surface area contributed by atoms with Gasteiger partial charge in [0.15, 0.2) is 23.0 Å². The number of sulfonamides is 1. The average Bonchev–Trinajstić information content (AvgIpc) is 3.11. The Morgan fingerprint density at radius 3 is 2.55 bits per heavy atom. The molecule has 0 fully saturated rings. The van der Waals surface area contributed by atoms with E-state index in [1.165, 1.54) is 35.7 Å². The highest BCUT2D eigenvalue weighted by Crippen LogP contribution is 2.36. The molecule has 31 heavy (non-hydrogen) atoms. The summed E-state index contributed by atoms with van der Waals surface area (Å²) in [5.74, 6) is -1.16. The molecule has 4 aromatic rings. The predicted octanol–water partition coefficient (Wildman–Crippen LogP) is 3.93. The molecule has 8 nitrogen and oxygen atoms in total. The first-order valence-corrected chi connectivity index (χ1v) is 10.9. The van der Waals surface area contributed by atoms with Gasteiger partial charge in [0.05, 0.1) is 11.4 Å². The third-order valence-electron chi connectivity index (χ3n) is 4.44. The zero-order chi connectivity index (χ0) is 22.2. The van der Waals surface area contributed by atoms with Crippen LogP contribution in [0.25, 0.3) is 16.9 Å². The van der Waals surface area contributed by atoms with Crippen molar-refractivity contribution in [2.75, 3.05) is 10.5 Å². The van der Waals surface area contributed by atoms with Crippen molar-refractivity contribution in [3.8, 4) is 22.8 Å². The van der Waals surface area contributed by atoms with E-state index in [0.717, 1.165) is 6.07 Å². The Hall–Kier alpha value is -3.60. The quantitative estimate of drug-likeness (QED) is 0.483. The number of anilines is 1. The fraction of sp³-hybridized carbons (Fsp3) is 0.150. The summed E-state index contributed by atoms with van der Waals surface area (Å²) in [6, 6.07) is 10.8. The molecular formula is C20H17F2N5O3S. The molecule has 0 unspecified atom stereocenters. The summed E-state index contributed by atoms with van der Waals surface area (Å²) in [7, 11) is -3.53. The Bertz CT molecular complexity index is 1390. The van der Waals surface area contributed by atoms with Crippen LogP contribution in [0.2, 0.25) is 0 Å². The number of benzene rings is 2. The van der Waals surface area contributed by atoms with Gasteiger partial charge in [0.25, 0.3) is 0 Å². The number of hydrogen-bond acceptors (Lipinski definition) is 6. The molecule has 160 valence electrons. The lowest BCUT2D eigenvalue weighted by Gasteiger charge is -2.14. The van der Waals surface area contributed by atoms with Crippen LogP contribution in [0, 0.1) is 18.6 Å². The number of halogens is 2. The van der Waals surface area contributed by atoms with Crippen LogP contribution in [0.15, 0.2) is 48.5 Å². The molecule has 2 aromatic carbocycles. The first kappa shape index (κ1) is 20.7. The summed E-state index contributed by atoms with van der Waals surface area (Å²) in [4.78, 5) is 0. The molecule has 0 radical (unpaired) electrons. The first-order valence-electron chi connectivity index (χ1n) is 9.22. The van der Waals surface area contributed by atoms with Crippen molar-refractivity contribution in [1.29, 1.82) is 0 Å². The van der Waals surface area contributed by atoms with E-state index in [0.29, 0.717) is 28.8 Å². The fourth-order valence-electron chi connectivity index (χ4n) is 2.85. The summed E-state index contributed by atoms with van der Waals surface area (Å²) in [5.41, 5.74) is 1.60. The van der Waals surface area contributed by atoms with Gasteiger partial charge in [0, 0.05) is 17.3 Å². The normalized spacial score (nSPS) is 11.6. The van der Waals surface area contributed by atoms with E-state index >= 15 is 0 Å². The van der Waals surface area contributed by atoms with Crippen LogP contribution in [0.1, 0.15) is 12.7 Å². The number of aryl methyl sites for hydroxylation is 1. The molecule has 4 rings (SSSR count). The van der Waals surface area contributed by atoms with Crippen molar-refractivity contribution < 1.29 is 21.9 Å². The molecular weight excluding hydrogens is 428 g/mol. The number of ether oxygens (including phenoxy) is 1. The van der Waals surface area contributed by atoms with Gasteiger partial charge in [-0.3, -0.25) is 4.72 Å². The SMILES string of the molecule is CCS(=O)(=O)Nc1ccc(Oc2ccc(F)cc2F)c(-c2ccc3nnc(C)n3n2)c1. The second-order valence-corrected chi connectivity index (χ2v) is 8.64. The van der Waals surface area contributed by atoms with Crippen LogP contribution in [0.3, 0.4) is 0 Å². The van der Waals surface area contributed by atoms with Crippen molar-refractivity contribution >= 4 is 21.4 Å². The molecule has 2 aromatic heterocycles. The highest BCUT2D eigenvalue weighted by molar-refractivity contribution is 7.92. The molecule has 0 aliphatic heterocycles. The number of nitrogens with zero attached hydrogens (tertiary/aromatic N) is 4. The molecule has 0 bridgehead atoms. The molecule has 0 spiro atoms. The minimum Gasteiger partial charge on any atom is -0.454 e. The van der Waals surface area contributed by atoms with Gasteiger partial charge in [-0.15, -0.1) is 10.2 Å². The maximum absolute atomic E-state index is 14.1. The monoisotopic (exact) mass is 445 g/mol. The van der Waals surface area contributed by atoms with Gasteiger partial charge < -0.3 is 4.74 Å². The summed E-state index contributed by atoms with van der Waals surface area (Å²) >= 11 is 0. The fourth-order valence-corrected chi connectivity index (χ4v) is 3.48. The molecule has 2 heterocycles. The Balaban J connectivity index is 1.84. The van der Waals surface area contributed by atoms with E-state index in [9.17, 15) is 17.2 Å². The molecule has 0 atom stereocenters. The Morgan fingerprint density at radius 2 is 1.81 bits per heavy atom. The maximum Gasteiger partial charge on any atom is 0.232 e. The second kappa shape index (κ2) is 7.91. The van der Waals surface area contributed by atoms with Crippen molar-refractivity contribution in [3.05, 3.63) is 66.0 Å². The van der Waals surface area contributed by atoms with Gasteiger partial charge >= 0.3 is 0 Å². The van der Waals surface area contributed by atoms with E-state index in [2.05, 4.69) is 20.0 Å². The second-order valence-electron chi connectivity index (χ2n) is 6.63. The standard InChI is InChI=1S/C20H17F2N5O3S/c1-3-31(28,29)26-14-5-8-18(30-19-7-4-13(21)10-16(19)22)15(11-14)17-6-9-20-24-23-12(2)27(20)25-17/h4-11,26H,3H2,1-2H3. The smallest absolute Gasteiger partial charge is 0.232 e. The van der Waals surface area contributed by atoms with Crippen LogP contribution in [0.5, 0.6) is 11.5 Å². The van der Waals surface area contributed by atoms with Crippen molar-refractivity contribution in [1.82, 2.24) is 19.8 Å². The summed E-state index contributed by atoms with van der Waals surface area (Å²) < 4.78 is 61.0. The highest BCUT2D eigenvalue weighted by atomic mass is 32.2. The summed E-state index contributed by atoms with van der Waals surface area (Å²) in [6.07, 6.45) is 0. The van der Waals surface area contributed by atoms with Crippen LogP contribution >= 0.6 is 0 Å². The van der Waals surface area contributed by atoms with Gasteiger partial charge in [0.2, 0.25) is 10.0 Å². The zero-order valence-corrected chi connectivity index (χ0v) is 17.3. The molecule has 0 saturated carbocycles. The molecule has 0 aliphatic carbocycles. The summed E-state index contributed by atoms with van der Waals surface area (Å²) in [6.45, 7) is 3.25. The molecule has 0 aliphatic rings. The van der Waals surface area contributed by atoms with E-state index in [1.54, 1.807) is 19.1 Å². The van der Waals surface area contributed by atoms with Crippen LogP contribution in [-0.4, -0.2) is 34.0 Å². The number of hydrogen-bond donors (Lipinski definition) is 1. The van der Waals surface area contributed by atoms with Crippen molar-refractivity contribution in [2.24, 2.45) is 0 Å². The molecule has 1 N–H and O–H groups in total. The van der Waals surface area contributed by atoms with Gasteiger partial charge in [-0.1, -0.05) is 0 Å². The van der Waals surface area contributed by atoms with E-state index in [1.807, 2.05) is 0 Å². The summed E-state index contributed by atoms with van der Waals surface area (Å²) in [5, 5.41) is 12.4. The van der Waals surface area contributed by atoms with Gasteiger partial charge in [-0.05, 0) is 56.3 Å². The third-order valence-corrected chi connectivity index (χ3v) is 5.75. The van der Waals surface area contributed by atoms with Crippen molar-refractivity contribution in [2.45, 2.75) is 13.8 Å². The number of rotatable bonds is 6. The van der Waals surface area contributed by atoms with Crippen LogP contribution < -0.4 is 9.46 Å². The molecule has 0 saturated heterocycles. The molecule has 11 heteroatoms. The van der Waals surface area contributed by atoms with E-state index < -0.39 is 21.7 Å². The topological polar surface area (TPSA) is 98.5 Å². The predicted molar refractivity (Wildman–Crippen MR) is 110 cm³/mol. The first-order chi connectivity index (χ1) is 14.8. The third kappa shape index (κ3) is 4.31. The minimum absolute atomic E-state index is 0.106. The van der Waals surface area contributed by atoms with Gasteiger partial charge in [-0.25, -0.2) is 17.2 Å². The molecule has 0 amide bonds. The van der Waals surface area contributed by atoms with Gasteiger partial charge in [0.1, 0.15) is 11.6 Å². The maximum atomic E-state index is 14.1.